The maximum absolute atomic E-state index is 12.9. The zero-order chi connectivity index (χ0) is 19.2. The summed E-state index contributed by atoms with van der Waals surface area (Å²) in [5.74, 6) is 0.107. The van der Waals surface area contributed by atoms with E-state index in [1.807, 2.05) is 39.8 Å². The molecule has 2 radical (unpaired) electrons. The molecule has 2 heterocycles. The Morgan fingerprint density at radius 2 is 1.40 bits per heavy atom. The van der Waals surface area contributed by atoms with Crippen molar-refractivity contribution in [1.29, 1.82) is 0 Å². The van der Waals surface area contributed by atoms with Gasteiger partial charge < -0.3 is 5.21 Å². The largest absolute Gasteiger partial charge is 0.714 e. The molecule has 136 valence electrons. The van der Waals surface area contributed by atoms with Crippen LogP contribution in [0.4, 0.5) is 0 Å². The number of hydroxylamine groups is 5. The molecule has 0 amide bonds. The molecule has 25 heavy (non-hydrogen) atoms. The van der Waals surface area contributed by atoms with Crippen LogP contribution in [0.15, 0.2) is 18.2 Å². The van der Waals surface area contributed by atoms with Gasteiger partial charge in [-0.25, -0.2) is 0 Å². The van der Waals surface area contributed by atoms with E-state index in [0.29, 0.717) is 5.56 Å². The van der Waals surface area contributed by atoms with Crippen molar-refractivity contribution in [1.82, 2.24) is 10.1 Å². The summed E-state index contributed by atoms with van der Waals surface area (Å²) in [7, 11) is 0. The summed E-state index contributed by atoms with van der Waals surface area (Å²) in [6.07, 6.45) is 0. The van der Waals surface area contributed by atoms with Crippen LogP contribution in [-0.4, -0.2) is 31.8 Å². The number of amidine groups is 1. The number of nitrogens with zero attached hydrogens (tertiary/aromatic N) is 3. The molecule has 0 unspecified atom stereocenters. The maximum Gasteiger partial charge on any atom is 0.316 e. The normalized spacial score (nSPS) is 26.2. The molecular weight excluding hydrogens is 318 g/mol. The highest BCUT2D eigenvalue weighted by Gasteiger charge is 2.60. The van der Waals surface area contributed by atoms with Gasteiger partial charge in [0.1, 0.15) is 5.54 Å². The van der Waals surface area contributed by atoms with Crippen molar-refractivity contribution in [2.45, 2.75) is 77.5 Å². The van der Waals surface area contributed by atoms with E-state index in [4.69, 9.17) is 0 Å². The van der Waals surface area contributed by atoms with Gasteiger partial charge in [-0.2, -0.15) is 0 Å². The lowest BCUT2D eigenvalue weighted by Gasteiger charge is -2.32. The molecule has 3 rings (SSSR count). The van der Waals surface area contributed by atoms with Crippen LogP contribution >= 0.6 is 0 Å². The standard InChI is InChI=1S/C19H27N3O3/c1-16(2)13-10-9-12(11-14(13)17(3,4)22(16)25)15-20(23)18(5,6)19(7,8)21(15)24/h9-11H,1-8H3. The molecule has 0 aromatic heterocycles. The predicted octanol–water partition coefficient (Wildman–Crippen LogP) is 3.29. The summed E-state index contributed by atoms with van der Waals surface area (Å²) >= 11 is 0. The third-order valence-corrected chi connectivity index (χ3v) is 6.51. The lowest BCUT2D eigenvalue weighted by Crippen LogP contribution is -2.53. The summed E-state index contributed by atoms with van der Waals surface area (Å²) in [6.45, 7) is 14.6. The summed E-state index contributed by atoms with van der Waals surface area (Å²) in [6, 6.07) is 5.48. The summed E-state index contributed by atoms with van der Waals surface area (Å²) in [5.41, 5.74) is -0.734. The number of rotatable bonds is 1. The average molecular weight is 345 g/mol. The third-order valence-electron chi connectivity index (χ3n) is 6.51. The smallest absolute Gasteiger partial charge is 0.316 e. The number of fused-ring (bicyclic) bond motifs is 1. The van der Waals surface area contributed by atoms with Crippen LogP contribution in [0.2, 0.25) is 0 Å². The Bertz CT molecular complexity index is 778. The maximum atomic E-state index is 12.9. The Morgan fingerprint density at radius 1 is 0.880 bits per heavy atom. The molecule has 6 heteroatoms. The molecule has 2 aliphatic rings. The van der Waals surface area contributed by atoms with Gasteiger partial charge in [-0.3, -0.25) is 4.74 Å². The second-order valence-electron chi connectivity index (χ2n) is 9.20. The molecule has 1 aromatic rings. The third kappa shape index (κ3) is 1.99. The molecular formula is C19H27N3O3. The van der Waals surface area contributed by atoms with E-state index in [1.54, 1.807) is 33.8 Å². The van der Waals surface area contributed by atoms with Gasteiger partial charge in [0.05, 0.1) is 16.6 Å². The van der Waals surface area contributed by atoms with Crippen molar-refractivity contribution in [2.75, 3.05) is 0 Å². The van der Waals surface area contributed by atoms with Crippen molar-refractivity contribution in [2.24, 2.45) is 0 Å². The molecule has 2 aliphatic heterocycles. The SMILES string of the molecule is CC1(C)c2ccc(C3=[N+]([O-])C(C)(C)C(C)(C)N3[O])cc2C(C)(C)N1[O]. The van der Waals surface area contributed by atoms with Crippen molar-refractivity contribution in [3.05, 3.63) is 40.1 Å². The predicted molar refractivity (Wildman–Crippen MR) is 93.4 cm³/mol. The molecule has 0 saturated carbocycles. The van der Waals surface area contributed by atoms with Gasteiger partial charge in [-0.15, -0.1) is 10.3 Å². The Hall–Kier alpha value is -1.63. The molecule has 0 spiro atoms. The summed E-state index contributed by atoms with van der Waals surface area (Å²) < 4.78 is 0.809. The van der Waals surface area contributed by atoms with E-state index in [-0.39, 0.29) is 5.84 Å². The van der Waals surface area contributed by atoms with Crippen LogP contribution < -0.4 is 0 Å². The zero-order valence-corrected chi connectivity index (χ0v) is 16.3. The van der Waals surface area contributed by atoms with Crippen LogP contribution in [0.25, 0.3) is 0 Å². The van der Waals surface area contributed by atoms with E-state index in [1.165, 1.54) is 0 Å². The number of hydrogen-bond acceptors (Lipinski definition) is 3. The fraction of sp³-hybridized carbons (Fsp3) is 0.632. The highest BCUT2D eigenvalue weighted by molar-refractivity contribution is 5.96. The van der Waals surface area contributed by atoms with E-state index >= 15 is 0 Å². The van der Waals surface area contributed by atoms with E-state index in [2.05, 4.69) is 0 Å². The van der Waals surface area contributed by atoms with E-state index in [0.717, 1.165) is 26.0 Å². The van der Waals surface area contributed by atoms with Gasteiger partial charge in [0.15, 0.2) is 5.54 Å². The van der Waals surface area contributed by atoms with Gasteiger partial charge in [-0.05, 0) is 78.6 Å². The van der Waals surface area contributed by atoms with Crippen molar-refractivity contribution in [3.8, 4) is 0 Å². The monoisotopic (exact) mass is 345 g/mol. The molecule has 1 aromatic carbocycles. The highest BCUT2D eigenvalue weighted by Crippen LogP contribution is 2.49. The van der Waals surface area contributed by atoms with Gasteiger partial charge >= 0.3 is 5.84 Å². The van der Waals surface area contributed by atoms with Crippen LogP contribution in [0.5, 0.6) is 0 Å². The minimum atomic E-state index is -0.859. The van der Waals surface area contributed by atoms with Crippen LogP contribution in [0, 0.1) is 5.21 Å². The second-order valence-corrected chi connectivity index (χ2v) is 9.20. The van der Waals surface area contributed by atoms with Gasteiger partial charge in [0, 0.05) is 5.21 Å². The van der Waals surface area contributed by atoms with Crippen molar-refractivity contribution >= 4 is 5.84 Å². The molecule has 0 saturated heterocycles. The first kappa shape index (κ1) is 18.2. The highest BCUT2D eigenvalue weighted by atomic mass is 16.5. The van der Waals surface area contributed by atoms with Crippen LogP contribution in [0.3, 0.4) is 0 Å². The first-order chi connectivity index (χ1) is 11.2. The quantitative estimate of drug-likeness (QED) is 0.579. The van der Waals surface area contributed by atoms with Crippen molar-refractivity contribution < 1.29 is 15.2 Å². The topological polar surface area (TPSA) is 72.3 Å². The Kier molecular flexibility index (Phi) is 3.45. The molecule has 6 nitrogen and oxygen atoms in total. The minimum Gasteiger partial charge on any atom is -0.714 e. The number of benzene rings is 1. The lowest BCUT2D eigenvalue weighted by molar-refractivity contribution is -0.539. The number of hydrogen-bond donors (Lipinski definition) is 0. The lowest BCUT2D eigenvalue weighted by atomic mass is 9.84. The summed E-state index contributed by atoms with van der Waals surface area (Å²) in [4.78, 5) is 0. The Balaban J connectivity index is 2.21. The summed E-state index contributed by atoms with van der Waals surface area (Å²) in [5, 5.41) is 40.4. The first-order valence-electron chi connectivity index (χ1n) is 8.63. The zero-order valence-electron chi connectivity index (χ0n) is 16.3. The molecule has 0 fully saturated rings. The van der Waals surface area contributed by atoms with Gasteiger partial charge in [0.2, 0.25) is 0 Å². The average Bonchev–Trinajstić information content (AvgIpc) is 2.72. The van der Waals surface area contributed by atoms with Gasteiger partial charge in [0.25, 0.3) is 0 Å². The van der Waals surface area contributed by atoms with Crippen LogP contribution in [0.1, 0.15) is 72.1 Å². The molecule has 0 N–H and O–H groups in total. The van der Waals surface area contributed by atoms with Crippen molar-refractivity contribution in [3.63, 3.8) is 0 Å². The van der Waals surface area contributed by atoms with Gasteiger partial charge in [-0.1, -0.05) is 11.1 Å². The molecule has 0 atom stereocenters. The Morgan fingerprint density at radius 3 is 1.88 bits per heavy atom. The second kappa shape index (κ2) is 4.75. The van der Waals surface area contributed by atoms with Crippen LogP contribution in [-0.2, 0) is 21.5 Å². The van der Waals surface area contributed by atoms with E-state index < -0.39 is 22.2 Å². The van der Waals surface area contributed by atoms with E-state index in [9.17, 15) is 15.6 Å². The molecule has 0 bridgehead atoms. The Labute approximate surface area is 149 Å². The fourth-order valence-corrected chi connectivity index (χ4v) is 3.98. The fourth-order valence-electron chi connectivity index (χ4n) is 3.98. The molecule has 0 aliphatic carbocycles. The first-order valence-corrected chi connectivity index (χ1v) is 8.63. The minimum absolute atomic E-state index is 0.107.